The van der Waals surface area contributed by atoms with Gasteiger partial charge in [0.1, 0.15) is 11.5 Å². The van der Waals surface area contributed by atoms with Crippen LogP contribution >= 0.6 is 0 Å². The number of aromatic hydroxyl groups is 1. The van der Waals surface area contributed by atoms with Crippen molar-refractivity contribution >= 4 is 11.6 Å². The molecule has 0 spiro atoms. The van der Waals surface area contributed by atoms with Gasteiger partial charge in [0.05, 0.1) is 18.2 Å². The number of ketones is 2. The summed E-state index contributed by atoms with van der Waals surface area (Å²) in [6.07, 6.45) is 0. The zero-order chi connectivity index (χ0) is 14.4. The van der Waals surface area contributed by atoms with Gasteiger partial charge < -0.3 is 9.84 Å². The van der Waals surface area contributed by atoms with Gasteiger partial charge in [-0.3, -0.25) is 9.59 Å². The molecule has 3 rings (SSSR count). The highest BCUT2D eigenvalue weighted by Crippen LogP contribution is 2.37. The Labute approximate surface area is 115 Å². The molecule has 1 aliphatic rings. The van der Waals surface area contributed by atoms with Crippen LogP contribution in [0.1, 0.15) is 37.4 Å². The summed E-state index contributed by atoms with van der Waals surface area (Å²) in [5.74, 6) is -0.457. The Morgan fingerprint density at radius 1 is 0.950 bits per heavy atom. The van der Waals surface area contributed by atoms with E-state index in [4.69, 9.17) is 4.74 Å². The molecule has 0 saturated carbocycles. The van der Waals surface area contributed by atoms with Gasteiger partial charge in [-0.15, -0.1) is 0 Å². The minimum Gasteiger partial charge on any atom is -0.507 e. The van der Waals surface area contributed by atoms with Crippen molar-refractivity contribution in [1.82, 2.24) is 0 Å². The number of rotatable bonds is 1. The van der Waals surface area contributed by atoms with Crippen LogP contribution in [0.25, 0.3) is 0 Å². The van der Waals surface area contributed by atoms with Crippen LogP contribution in [0.3, 0.4) is 0 Å². The van der Waals surface area contributed by atoms with Gasteiger partial charge in [-0.2, -0.15) is 0 Å². The van der Waals surface area contributed by atoms with Crippen LogP contribution < -0.4 is 4.74 Å². The maximum atomic E-state index is 12.6. The molecule has 2 aromatic rings. The Morgan fingerprint density at radius 3 is 2.35 bits per heavy atom. The third kappa shape index (κ3) is 1.48. The number of phenolic OH excluding ortho intramolecular Hbond substituents is 1. The van der Waals surface area contributed by atoms with Crippen molar-refractivity contribution in [3.63, 3.8) is 0 Å². The van der Waals surface area contributed by atoms with Gasteiger partial charge in [-0.25, -0.2) is 0 Å². The van der Waals surface area contributed by atoms with Crippen molar-refractivity contribution in [2.24, 2.45) is 0 Å². The molecule has 100 valence electrons. The lowest BCUT2D eigenvalue weighted by atomic mass is 9.82. The Kier molecular flexibility index (Phi) is 2.61. The van der Waals surface area contributed by atoms with Crippen LogP contribution in [0.4, 0.5) is 0 Å². The highest BCUT2D eigenvalue weighted by molar-refractivity contribution is 6.30. The first-order valence-electron chi connectivity index (χ1n) is 6.15. The van der Waals surface area contributed by atoms with Gasteiger partial charge in [0.25, 0.3) is 0 Å². The van der Waals surface area contributed by atoms with Crippen molar-refractivity contribution in [3.05, 3.63) is 58.1 Å². The Bertz CT molecular complexity index is 759. The largest absolute Gasteiger partial charge is 0.507 e. The van der Waals surface area contributed by atoms with Crippen LogP contribution in [0, 0.1) is 6.92 Å². The summed E-state index contributed by atoms with van der Waals surface area (Å²) in [4.78, 5) is 25.1. The number of fused-ring (bicyclic) bond motifs is 2. The number of hydrogen-bond donors (Lipinski definition) is 1. The molecule has 0 saturated heterocycles. The molecule has 4 nitrogen and oxygen atoms in total. The number of phenols is 1. The van der Waals surface area contributed by atoms with E-state index in [9.17, 15) is 14.7 Å². The van der Waals surface area contributed by atoms with E-state index < -0.39 is 0 Å². The van der Waals surface area contributed by atoms with Crippen molar-refractivity contribution < 1.29 is 19.4 Å². The number of hydrogen-bond acceptors (Lipinski definition) is 4. The van der Waals surface area contributed by atoms with E-state index in [0.717, 1.165) is 0 Å². The first kappa shape index (κ1) is 12.4. The molecular weight excluding hydrogens is 256 g/mol. The molecule has 4 heteroatoms. The standard InChI is InChI=1S/C16H12O4/c1-8-6-7-10-13(14(8)17)16(19)12-9(15(10)18)4-3-5-11(12)20-2/h3-7,17H,1-2H3. The third-order valence-electron chi connectivity index (χ3n) is 3.57. The predicted octanol–water partition coefficient (Wildman–Crippen LogP) is 2.48. The summed E-state index contributed by atoms with van der Waals surface area (Å²) in [7, 11) is 1.44. The molecule has 0 aromatic heterocycles. The van der Waals surface area contributed by atoms with Crippen molar-refractivity contribution in [1.29, 1.82) is 0 Å². The van der Waals surface area contributed by atoms with E-state index in [0.29, 0.717) is 16.9 Å². The quantitative estimate of drug-likeness (QED) is 0.736. The van der Waals surface area contributed by atoms with Crippen LogP contribution in [0.5, 0.6) is 11.5 Å². The highest BCUT2D eigenvalue weighted by atomic mass is 16.5. The monoisotopic (exact) mass is 268 g/mol. The molecule has 0 heterocycles. The molecule has 1 N–H and O–H groups in total. The van der Waals surface area contributed by atoms with Gasteiger partial charge in [-0.1, -0.05) is 18.2 Å². The maximum absolute atomic E-state index is 12.6. The van der Waals surface area contributed by atoms with E-state index in [1.165, 1.54) is 7.11 Å². The lowest BCUT2D eigenvalue weighted by molar-refractivity contribution is 0.0974. The normalized spacial score (nSPS) is 12.9. The minimum absolute atomic E-state index is 0.0620. The number of benzene rings is 2. The van der Waals surface area contributed by atoms with Crippen molar-refractivity contribution in [2.75, 3.05) is 7.11 Å². The third-order valence-corrected chi connectivity index (χ3v) is 3.57. The van der Waals surface area contributed by atoms with Crippen LogP contribution in [0.15, 0.2) is 30.3 Å². The summed E-state index contributed by atoms with van der Waals surface area (Å²) in [5.41, 5.74) is 1.38. The SMILES string of the molecule is COc1cccc2c1C(=O)c1c(ccc(C)c1O)C2=O. The van der Waals surface area contributed by atoms with E-state index >= 15 is 0 Å². The van der Waals surface area contributed by atoms with Gasteiger partial charge in [-0.05, 0) is 24.6 Å². The molecule has 0 atom stereocenters. The molecule has 0 radical (unpaired) electrons. The summed E-state index contributed by atoms with van der Waals surface area (Å²) in [6.45, 7) is 1.69. The number of carbonyl (C=O) groups is 2. The molecule has 0 fully saturated rings. The van der Waals surface area contributed by atoms with E-state index in [1.807, 2.05) is 0 Å². The molecule has 1 aliphatic carbocycles. The molecule has 0 aliphatic heterocycles. The highest BCUT2D eigenvalue weighted by Gasteiger charge is 2.34. The fraction of sp³-hybridized carbons (Fsp3) is 0.125. The van der Waals surface area contributed by atoms with Crippen LogP contribution in [-0.4, -0.2) is 23.8 Å². The Balaban J connectivity index is 2.37. The Morgan fingerprint density at radius 2 is 1.65 bits per heavy atom. The molecule has 0 bridgehead atoms. The lowest BCUT2D eigenvalue weighted by Crippen LogP contribution is -2.22. The Hall–Kier alpha value is -2.62. The second-order valence-corrected chi connectivity index (χ2v) is 4.69. The second-order valence-electron chi connectivity index (χ2n) is 4.69. The van der Waals surface area contributed by atoms with Gasteiger partial charge in [0.15, 0.2) is 5.78 Å². The van der Waals surface area contributed by atoms with Crippen LogP contribution in [-0.2, 0) is 0 Å². The van der Waals surface area contributed by atoms with Gasteiger partial charge in [0, 0.05) is 11.1 Å². The maximum Gasteiger partial charge on any atom is 0.201 e. The average molecular weight is 268 g/mol. The minimum atomic E-state index is -0.381. The smallest absolute Gasteiger partial charge is 0.201 e. The number of aryl methyl sites for hydroxylation is 1. The summed E-state index contributed by atoms with van der Waals surface area (Å²) >= 11 is 0. The van der Waals surface area contributed by atoms with Crippen LogP contribution in [0.2, 0.25) is 0 Å². The van der Waals surface area contributed by atoms with Crippen molar-refractivity contribution in [2.45, 2.75) is 6.92 Å². The van der Waals surface area contributed by atoms with E-state index in [2.05, 4.69) is 0 Å². The summed E-state index contributed by atoms with van der Waals surface area (Å²) < 4.78 is 5.16. The molecule has 20 heavy (non-hydrogen) atoms. The van der Waals surface area contributed by atoms with Gasteiger partial charge in [0.2, 0.25) is 5.78 Å². The zero-order valence-electron chi connectivity index (χ0n) is 11.1. The molecule has 2 aromatic carbocycles. The number of carbonyl (C=O) groups excluding carboxylic acids is 2. The number of methoxy groups -OCH3 is 1. The first-order valence-corrected chi connectivity index (χ1v) is 6.15. The lowest BCUT2D eigenvalue weighted by Gasteiger charge is -2.20. The topological polar surface area (TPSA) is 63.6 Å². The van der Waals surface area contributed by atoms with Crippen molar-refractivity contribution in [3.8, 4) is 11.5 Å². The summed E-state index contributed by atoms with van der Waals surface area (Å²) in [6, 6.07) is 8.10. The summed E-state index contributed by atoms with van der Waals surface area (Å²) in [5, 5.41) is 10.1. The zero-order valence-corrected chi connectivity index (χ0v) is 11.1. The number of ether oxygens (including phenoxy) is 1. The van der Waals surface area contributed by atoms with Gasteiger partial charge >= 0.3 is 0 Å². The fourth-order valence-corrected chi connectivity index (χ4v) is 2.51. The fourth-order valence-electron chi connectivity index (χ4n) is 2.51. The molecule has 0 amide bonds. The van der Waals surface area contributed by atoms with E-state index in [-0.39, 0.29) is 34.0 Å². The first-order chi connectivity index (χ1) is 9.56. The molecular formula is C16H12O4. The second kappa shape index (κ2) is 4.20. The average Bonchev–Trinajstić information content (AvgIpc) is 2.46. The van der Waals surface area contributed by atoms with E-state index in [1.54, 1.807) is 37.3 Å². The predicted molar refractivity (Wildman–Crippen MR) is 72.7 cm³/mol. The molecule has 0 unspecified atom stereocenters.